The molecular formula is C11H13N3. The lowest BCUT2D eigenvalue weighted by Crippen LogP contribution is -1.94. The van der Waals surface area contributed by atoms with Crippen molar-refractivity contribution in [2.75, 3.05) is 0 Å². The smallest absolute Gasteiger partial charge is 0.163 e. The van der Waals surface area contributed by atoms with E-state index in [2.05, 4.69) is 40.7 Å². The van der Waals surface area contributed by atoms with Crippen LogP contribution in [0, 0.1) is 13.8 Å². The Morgan fingerprint density at radius 3 is 2.79 bits per heavy atom. The van der Waals surface area contributed by atoms with Crippen molar-refractivity contribution in [3.8, 4) is 0 Å². The highest BCUT2D eigenvalue weighted by Crippen LogP contribution is 2.39. The van der Waals surface area contributed by atoms with Crippen molar-refractivity contribution in [1.29, 1.82) is 0 Å². The van der Waals surface area contributed by atoms with Crippen molar-refractivity contribution in [2.24, 2.45) is 0 Å². The summed E-state index contributed by atoms with van der Waals surface area (Å²) in [5.74, 6) is 1.80. The van der Waals surface area contributed by atoms with E-state index in [0.717, 1.165) is 11.5 Å². The molecule has 0 unspecified atom stereocenters. The molecule has 0 N–H and O–H groups in total. The van der Waals surface area contributed by atoms with E-state index < -0.39 is 0 Å². The van der Waals surface area contributed by atoms with Gasteiger partial charge >= 0.3 is 0 Å². The molecule has 0 spiro atoms. The predicted molar refractivity (Wildman–Crippen MR) is 54.4 cm³/mol. The first-order chi connectivity index (χ1) is 6.77. The van der Waals surface area contributed by atoms with Crippen LogP contribution in [-0.4, -0.2) is 14.6 Å². The van der Waals surface area contributed by atoms with E-state index in [0.29, 0.717) is 5.92 Å². The first kappa shape index (κ1) is 7.97. The van der Waals surface area contributed by atoms with Gasteiger partial charge in [-0.2, -0.15) is 0 Å². The Kier molecular flexibility index (Phi) is 1.46. The highest BCUT2D eigenvalue weighted by atomic mass is 15.3. The van der Waals surface area contributed by atoms with Crippen LogP contribution < -0.4 is 0 Å². The van der Waals surface area contributed by atoms with Crippen molar-refractivity contribution in [3.05, 3.63) is 29.2 Å². The van der Waals surface area contributed by atoms with Crippen LogP contribution in [-0.2, 0) is 0 Å². The van der Waals surface area contributed by atoms with Crippen LogP contribution in [0.15, 0.2) is 12.3 Å². The molecule has 0 aromatic carbocycles. The lowest BCUT2D eigenvalue weighted by molar-refractivity contribution is 0.896. The summed E-state index contributed by atoms with van der Waals surface area (Å²) < 4.78 is 2.14. The van der Waals surface area contributed by atoms with Gasteiger partial charge < -0.3 is 0 Å². The van der Waals surface area contributed by atoms with E-state index in [1.165, 1.54) is 24.0 Å². The zero-order chi connectivity index (χ0) is 9.71. The average molecular weight is 187 g/mol. The van der Waals surface area contributed by atoms with Crippen LogP contribution in [0.25, 0.3) is 5.65 Å². The lowest BCUT2D eigenvalue weighted by atomic mass is 10.2. The van der Waals surface area contributed by atoms with Gasteiger partial charge in [0.15, 0.2) is 5.65 Å². The second-order valence-electron chi connectivity index (χ2n) is 4.15. The first-order valence-corrected chi connectivity index (χ1v) is 5.08. The molecule has 0 saturated heterocycles. The quantitative estimate of drug-likeness (QED) is 0.685. The second-order valence-corrected chi connectivity index (χ2v) is 4.15. The Balaban J connectivity index is 2.31. The molecule has 72 valence electrons. The lowest BCUT2D eigenvalue weighted by Gasteiger charge is -2.02. The zero-order valence-electron chi connectivity index (χ0n) is 8.49. The fourth-order valence-electron chi connectivity index (χ4n) is 1.81. The summed E-state index contributed by atoms with van der Waals surface area (Å²) in [4.78, 5) is 0. The number of aryl methyl sites for hydroxylation is 2. The predicted octanol–water partition coefficient (Wildman–Crippen LogP) is 2.22. The Morgan fingerprint density at radius 1 is 1.29 bits per heavy atom. The Hall–Kier alpha value is -1.38. The maximum atomic E-state index is 4.27. The second kappa shape index (κ2) is 2.56. The van der Waals surface area contributed by atoms with Gasteiger partial charge in [-0.25, -0.2) is 0 Å². The average Bonchev–Trinajstić information content (AvgIpc) is 2.93. The van der Waals surface area contributed by atoms with Gasteiger partial charge in [0.1, 0.15) is 5.82 Å². The van der Waals surface area contributed by atoms with E-state index >= 15 is 0 Å². The summed E-state index contributed by atoms with van der Waals surface area (Å²) in [5.41, 5.74) is 3.55. The molecule has 0 bridgehead atoms. The van der Waals surface area contributed by atoms with Gasteiger partial charge in [0.25, 0.3) is 0 Å². The summed E-state index contributed by atoms with van der Waals surface area (Å²) in [6.07, 6.45) is 4.63. The van der Waals surface area contributed by atoms with Gasteiger partial charge in [-0.1, -0.05) is 0 Å². The fraction of sp³-hybridized carbons (Fsp3) is 0.455. The van der Waals surface area contributed by atoms with Crippen LogP contribution in [0.1, 0.15) is 35.7 Å². The normalized spacial score (nSPS) is 16.4. The van der Waals surface area contributed by atoms with Crippen molar-refractivity contribution < 1.29 is 0 Å². The van der Waals surface area contributed by atoms with E-state index in [4.69, 9.17) is 0 Å². The van der Waals surface area contributed by atoms with Gasteiger partial charge in [0, 0.05) is 12.1 Å². The SMILES string of the molecule is Cc1ccn2c(C3CC3)nnc2c1C. The molecule has 3 nitrogen and oxygen atoms in total. The van der Waals surface area contributed by atoms with Crippen molar-refractivity contribution in [3.63, 3.8) is 0 Å². The number of pyridine rings is 1. The number of nitrogens with zero attached hydrogens (tertiary/aromatic N) is 3. The maximum Gasteiger partial charge on any atom is 0.163 e. The minimum Gasteiger partial charge on any atom is -0.286 e. The van der Waals surface area contributed by atoms with Gasteiger partial charge in [-0.3, -0.25) is 4.40 Å². The third kappa shape index (κ3) is 0.983. The molecule has 1 fully saturated rings. The van der Waals surface area contributed by atoms with Gasteiger partial charge in [-0.05, 0) is 43.9 Å². The highest BCUT2D eigenvalue weighted by Gasteiger charge is 2.28. The van der Waals surface area contributed by atoms with Gasteiger partial charge in [-0.15, -0.1) is 10.2 Å². The summed E-state index contributed by atoms with van der Waals surface area (Å²) in [6.45, 7) is 4.22. The highest BCUT2D eigenvalue weighted by molar-refractivity contribution is 5.50. The third-order valence-corrected chi connectivity index (χ3v) is 3.07. The number of fused-ring (bicyclic) bond motifs is 1. The van der Waals surface area contributed by atoms with E-state index in [1.807, 2.05) is 0 Å². The molecule has 0 amide bonds. The van der Waals surface area contributed by atoms with Crippen LogP contribution >= 0.6 is 0 Å². The summed E-state index contributed by atoms with van der Waals surface area (Å²) >= 11 is 0. The molecule has 1 aliphatic carbocycles. The van der Waals surface area contributed by atoms with Gasteiger partial charge in [0.2, 0.25) is 0 Å². The fourth-order valence-corrected chi connectivity index (χ4v) is 1.81. The summed E-state index contributed by atoms with van der Waals surface area (Å²) in [5, 5.41) is 8.53. The monoisotopic (exact) mass is 187 g/mol. The van der Waals surface area contributed by atoms with E-state index in [1.54, 1.807) is 0 Å². The third-order valence-electron chi connectivity index (χ3n) is 3.07. The summed E-state index contributed by atoms with van der Waals surface area (Å²) in [7, 11) is 0. The van der Waals surface area contributed by atoms with Crippen molar-refractivity contribution >= 4 is 5.65 Å². The van der Waals surface area contributed by atoms with Crippen molar-refractivity contribution in [1.82, 2.24) is 14.6 Å². The number of hydrogen-bond acceptors (Lipinski definition) is 2. The molecule has 14 heavy (non-hydrogen) atoms. The molecule has 0 atom stereocenters. The van der Waals surface area contributed by atoms with Gasteiger partial charge in [0.05, 0.1) is 0 Å². The molecule has 2 aromatic heterocycles. The molecule has 0 radical (unpaired) electrons. The maximum absolute atomic E-state index is 4.27. The van der Waals surface area contributed by atoms with Crippen LogP contribution in [0.2, 0.25) is 0 Å². The Bertz CT molecular complexity index is 494. The van der Waals surface area contributed by atoms with Crippen LogP contribution in [0.4, 0.5) is 0 Å². The Morgan fingerprint density at radius 2 is 2.07 bits per heavy atom. The molecule has 2 heterocycles. The topological polar surface area (TPSA) is 30.2 Å². The standard InChI is InChI=1S/C11H13N3/c1-7-5-6-14-10(8(7)2)12-13-11(14)9-3-4-9/h5-6,9H,3-4H2,1-2H3. The molecule has 2 aromatic rings. The first-order valence-electron chi connectivity index (χ1n) is 5.08. The van der Waals surface area contributed by atoms with Crippen LogP contribution in [0.3, 0.4) is 0 Å². The molecule has 3 heteroatoms. The number of aromatic nitrogens is 3. The molecule has 3 rings (SSSR count). The molecule has 0 aliphatic heterocycles. The molecular weight excluding hydrogens is 174 g/mol. The van der Waals surface area contributed by atoms with Crippen LogP contribution in [0.5, 0.6) is 0 Å². The molecule has 1 saturated carbocycles. The number of rotatable bonds is 1. The number of hydrogen-bond donors (Lipinski definition) is 0. The zero-order valence-corrected chi connectivity index (χ0v) is 8.49. The minimum atomic E-state index is 0.659. The Labute approximate surface area is 82.8 Å². The van der Waals surface area contributed by atoms with E-state index in [-0.39, 0.29) is 0 Å². The largest absolute Gasteiger partial charge is 0.286 e. The molecule has 1 aliphatic rings. The van der Waals surface area contributed by atoms with Crippen molar-refractivity contribution in [2.45, 2.75) is 32.6 Å². The van der Waals surface area contributed by atoms with E-state index in [9.17, 15) is 0 Å². The summed E-state index contributed by atoms with van der Waals surface area (Å²) in [6, 6.07) is 2.14. The minimum absolute atomic E-state index is 0.659.